The van der Waals surface area contributed by atoms with E-state index in [0.29, 0.717) is 29.6 Å². The molecule has 0 amide bonds. The van der Waals surface area contributed by atoms with Gasteiger partial charge in [0.05, 0.1) is 12.1 Å². The molecule has 0 bridgehead atoms. The van der Waals surface area contributed by atoms with E-state index < -0.39 is 5.97 Å². The summed E-state index contributed by atoms with van der Waals surface area (Å²) < 4.78 is 4.60. The molecule has 0 radical (unpaired) electrons. The summed E-state index contributed by atoms with van der Waals surface area (Å²) in [7, 11) is 0. The molecule has 2 heterocycles. The third kappa shape index (κ3) is 3.52. The number of nitrogens with zero attached hydrogens (tertiary/aromatic N) is 3. The molecule has 2 N–H and O–H groups in total. The third-order valence-corrected chi connectivity index (χ3v) is 2.76. The summed E-state index contributed by atoms with van der Waals surface area (Å²) in [4.78, 5) is 18.5. The zero-order chi connectivity index (χ0) is 12.1. The fourth-order valence-electron chi connectivity index (χ4n) is 1.21. The number of aromatic nitrogens is 3. The molecule has 0 aromatic carbocycles. The number of rotatable bonds is 6. The molecule has 2 aromatic heterocycles. The van der Waals surface area contributed by atoms with Gasteiger partial charge in [0.1, 0.15) is 0 Å². The second-order valence-electron chi connectivity index (χ2n) is 3.24. The van der Waals surface area contributed by atoms with Crippen LogP contribution < -0.4 is 5.32 Å². The average molecular weight is 254 g/mol. The molecule has 0 aliphatic carbocycles. The summed E-state index contributed by atoms with van der Waals surface area (Å²) >= 11 is 1.38. The van der Waals surface area contributed by atoms with Crippen LogP contribution in [0.5, 0.6) is 0 Å². The summed E-state index contributed by atoms with van der Waals surface area (Å²) in [6.45, 7) is 0.625. The van der Waals surface area contributed by atoms with E-state index in [9.17, 15) is 4.79 Å². The van der Waals surface area contributed by atoms with Crippen LogP contribution in [0.25, 0.3) is 0 Å². The van der Waals surface area contributed by atoms with Crippen molar-refractivity contribution in [1.82, 2.24) is 15.1 Å². The average Bonchev–Trinajstić information content (AvgIpc) is 2.89. The van der Waals surface area contributed by atoms with E-state index in [1.165, 1.54) is 17.7 Å². The monoisotopic (exact) mass is 254 g/mol. The fraction of sp³-hybridized carbons (Fsp3) is 0.333. The maximum Gasteiger partial charge on any atom is 0.309 e. The standard InChI is InChI=1S/C9H10N4O3S/c14-8(15)3-6-4-17-9(12-6)10-2-1-7-11-5-16-13-7/h4-5H,1-3H2,(H,10,12)(H,14,15). The molecule has 0 atom stereocenters. The molecule has 0 saturated heterocycles. The molecule has 8 heteroatoms. The Morgan fingerprint density at radius 2 is 2.47 bits per heavy atom. The van der Waals surface area contributed by atoms with Gasteiger partial charge >= 0.3 is 5.97 Å². The van der Waals surface area contributed by atoms with E-state index in [-0.39, 0.29) is 6.42 Å². The minimum atomic E-state index is -0.881. The molecule has 2 aromatic rings. The molecule has 0 saturated carbocycles. The van der Waals surface area contributed by atoms with Crippen LogP contribution >= 0.6 is 11.3 Å². The number of aliphatic carboxylic acids is 1. The Bertz CT molecular complexity index is 482. The Balaban J connectivity index is 1.79. The van der Waals surface area contributed by atoms with Crippen LogP contribution in [0.4, 0.5) is 5.13 Å². The Morgan fingerprint density at radius 3 is 3.18 bits per heavy atom. The van der Waals surface area contributed by atoms with Gasteiger partial charge in [0, 0.05) is 18.3 Å². The molecule has 0 aliphatic heterocycles. The zero-order valence-electron chi connectivity index (χ0n) is 8.79. The van der Waals surface area contributed by atoms with Gasteiger partial charge in [-0.25, -0.2) is 4.98 Å². The highest BCUT2D eigenvalue weighted by Crippen LogP contribution is 2.15. The smallest absolute Gasteiger partial charge is 0.309 e. The summed E-state index contributed by atoms with van der Waals surface area (Å²) in [6, 6.07) is 0. The first-order valence-electron chi connectivity index (χ1n) is 4.89. The van der Waals surface area contributed by atoms with Crippen LogP contribution in [0, 0.1) is 0 Å². The van der Waals surface area contributed by atoms with E-state index in [1.54, 1.807) is 5.38 Å². The maximum absolute atomic E-state index is 10.5. The highest BCUT2D eigenvalue weighted by atomic mass is 32.1. The lowest BCUT2D eigenvalue weighted by Gasteiger charge is -1.98. The third-order valence-electron chi connectivity index (χ3n) is 1.92. The summed E-state index contributed by atoms with van der Waals surface area (Å²) in [5.74, 6) is -0.256. The minimum absolute atomic E-state index is 0.0526. The van der Waals surface area contributed by atoms with Crippen molar-refractivity contribution < 1.29 is 14.4 Å². The predicted octanol–water partition coefficient (Wildman–Crippen LogP) is 0.808. The largest absolute Gasteiger partial charge is 0.481 e. The van der Waals surface area contributed by atoms with Crippen LogP contribution in [0.15, 0.2) is 16.3 Å². The van der Waals surface area contributed by atoms with E-state index in [4.69, 9.17) is 5.11 Å². The van der Waals surface area contributed by atoms with Crippen molar-refractivity contribution in [2.75, 3.05) is 11.9 Å². The summed E-state index contributed by atoms with van der Waals surface area (Å²) in [5.41, 5.74) is 0.560. The van der Waals surface area contributed by atoms with E-state index in [2.05, 4.69) is 25.0 Å². The Morgan fingerprint density at radius 1 is 1.59 bits per heavy atom. The van der Waals surface area contributed by atoms with E-state index >= 15 is 0 Å². The molecular formula is C9H10N4O3S. The lowest BCUT2D eigenvalue weighted by Crippen LogP contribution is -2.06. The number of carbonyl (C=O) groups is 1. The molecule has 17 heavy (non-hydrogen) atoms. The van der Waals surface area contributed by atoms with Crippen molar-refractivity contribution in [1.29, 1.82) is 0 Å². The normalized spacial score (nSPS) is 10.4. The number of anilines is 1. The number of carboxylic acids is 1. The fourth-order valence-corrected chi connectivity index (χ4v) is 1.95. The number of hydrogen-bond donors (Lipinski definition) is 2. The molecule has 0 fully saturated rings. The van der Waals surface area contributed by atoms with Crippen LogP contribution in [0.2, 0.25) is 0 Å². The van der Waals surface area contributed by atoms with Crippen LogP contribution in [0.1, 0.15) is 11.5 Å². The van der Waals surface area contributed by atoms with Gasteiger partial charge in [-0.3, -0.25) is 4.79 Å². The van der Waals surface area contributed by atoms with Crippen LogP contribution in [0.3, 0.4) is 0 Å². The molecule has 90 valence electrons. The number of hydrogen-bond acceptors (Lipinski definition) is 7. The lowest BCUT2D eigenvalue weighted by molar-refractivity contribution is -0.136. The predicted molar refractivity (Wildman–Crippen MR) is 59.9 cm³/mol. The highest BCUT2D eigenvalue weighted by Gasteiger charge is 2.06. The maximum atomic E-state index is 10.5. The lowest BCUT2D eigenvalue weighted by atomic mass is 10.3. The van der Waals surface area contributed by atoms with Gasteiger partial charge in [0.2, 0.25) is 6.39 Å². The van der Waals surface area contributed by atoms with Crippen molar-refractivity contribution in [3.05, 3.63) is 23.3 Å². The first-order valence-corrected chi connectivity index (χ1v) is 5.77. The first kappa shape index (κ1) is 11.5. The van der Waals surface area contributed by atoms with E-state index in [1.807, 2.05) is 0 Å². The van der Waals surface area contributed by atoms with Crippen molar-refractivity contribution >= 4 is 22.4 Å². The van der Waals surface area contributed by atoms with Gasteiger partial charge in [0.15, 0.2) is 11.0 Å². The van der Waals surface area contributed by atoms with Gasteiger partial charge in [-0.15, -0.1) is 11.3 Å². The first-order chi connectivity index (χ1) is 8.24. The molecule has 7 nitrogen and oxygen atoms in total. The minimum Gasteiger partial charge on any atom is -0.481 e. The molecule has 0 aliphatic rings. The van der Waals surface area contributed by atoms with E-state index in [0.717, 1.165) is 0 Å². The number of carboxylic acid groups (broad SMARTS) is 1. The molecular weight excluding hydrogens is 244 g/mol. The topological polar surface area (TPSA) is 101 Å². The molecule has 0 unspecified atom stereocenters. The SMILES string of the molecule is O=C(O)Cc1csc(NCCc2ncon2)n1. The van der Waals surface area contributed by atoms with Gasteiger partial charge in [0.25, 0.3) is 0 Å². The second kappa shape index (κ2) is 5.39. The van der Waals surface area contributed by atoms with Crippen molar-refractivity contribution in [2.45, 2.75) is 12.8 Å². The van der Waals surface area contributed by atoms with Gasteiger partial charge in [-0.1, -0.05) is 5.16 Å². The second-order valence-corrected chi connectivity index (χ2v) is 4.10. The number of thiazole rings is 1. The quantitative estimate of drug-likeness (QED) is 0.786. The molecule has 0 spiro atoms. The Hall–Kier alpha value is -1.96. The molecule has 2 rings (SSSR count). The Labute approximate surface area is 100 Å². The van der Waals surface area contributed by atoms with Gasteiger partial charge in [-0.2, -0.15) is 4.98 Å². The van der Waals surface area contributed by atoms with Crippen molar-refractivity contribution in [3.63, 3.8) is 0 Å². The van der Waals surface area contributed by atoms with Crippen LogP contribution in [-0.4, -0.2) is 32.7 Å². The van der Waals surface area contributed by atoms with Crippen molar-refractivity contribution in [3.8, 4) is 0 Å². The summed E-state index contributed by atoms with van der Waals surface area (Å²) in [5, 5.41) is 17.8. The van der Waals surface area contributed by atoms with Gasteiger partial charge < -0.3 is 14.9 Å². The van der Waals surface area contributed by atoms with Crippen LogP contribution in [-0.2, 0) is 17.6 Å². The summed E-state index contributed by atoms with van der Waals surface area (Å²) in [6.07, 6.45) is 1.86. The van der Waals surface area contributed by atoms with Gasteiger partial charge in [-0.05, 0) is 0 Å². The highest BCUT2D eigenvalue weighted by molar-refractivity contribution is 7.13. The zero-order valence-corrected chi connectivity index (χ0v) is 9.61. The van der Waals surface area contributed by atoms with Crippen molar-refractivity contribution in [2.24, 2.45) is 0 Å². The Kier molecular flexibility index (Phi) is 3.66. The number of nitrogens with one attached hydrogen (secondary N) is 1.